The molecule has 2 aromatic carbocycles. The highest BCUT2D eigenvalue weighted by Crippen LogP contribution is 2.28. The third-order valence-corrected chi connectivity index (χ3v) is 5.55. The van der Waals surface area contributed by atoms with Gasteiger partial charge in [0.25, 0.3) is 0 Å². The second kappa shape index (κ2) is 9.86. The van der Waals surface area contributed by atoms with Crippen LogP contribution in [0.4, 0.5) is 19.7 Å². The number of anilines is 1. The summed E-state index contributed by atoms with van der Waals surface area (Å²) in [5, 5.41) is 9.14. The van der Waals surface area contributed by atoms with Crippen molar-refractivity contribution in [3.63, 3.8) is 0 Å². The summed E-state index contributed by atoms with van der Waals surface area (Å²) in [5.74, 6) is -0.594. The number of amides is 2. The fourth-order valence-electron chi connectivity index (χ4n) is 3.84. The Morgan fingerprint density at radius 2 is 2.03 bits per heavy atom. The fraction of sp³-hybridized carbons (Fsp3) is 0.391. The molecule has 2 fully saturated rings. The number of rotatable bonds is 7. The lowest BCUT2D eigenvalue weighted by molar-refractivity contribution is 0.0819. The van der Waals surface area contributed by atoms with Crippen molar-refractivity contribution >= 4 is 17.9 Å². The number of hydrogen-bond donors (Lipinski definition) is 1. The number of carbonyl (C=O) groups excluding carboxylic acids is 2. The number of aliphatic hydroxyl groups excluding tert-OH is 1. The van der Waals surface area contributed by atoms with Gasteiger partial charge in [0, 0.05) is 12.6 Å². The van der Waals surface area contributed by atoms with Gasteiger partial charge in [-0.2, -0.15) is 0 Å². The molecule has 32 heavy (non-hydrogen) atoms. The normalized spacial score (nSPS) is 20.4. The van der Waals surface area contributed by atoms with Crippen molar-refractivity contribution < 1.29 is 33.3 Å². The number of aliphatic hydroxyl groups is 1. The van der Waals surface area contributed by atoms with Crippen LogP contribution in [0, 0.1) is 5.82 Å². The summed E-state index contributed by atoms with van der Waals surface area (Å²) < 4.78 is 30.6. The Hall–Kier alpha value is -3.33. The van der Waals surface area contributed by atoms with Crippen molar-refractivity contribution in [2.45, 2.75) is 31.6 Å². The van der Waals surface area contributed by atoms with Crippen LogP contribution in [0.1, 0.15) is 18.4 Å². The predicted molar refractivity (Wildman–Crippen MR) is 113 cm³/mol. The smallest absolute Gasteiger partial charge is 0.414 e. The zero-order valence-electron chi connectivity index (χ0n) is 17.5. The molecule has 0 saturated carbocycles. The number of halogens is 1. The summed E-state index contributed by atoms with van der Waals surface area (Å²) in [5.41, 5.74) is 1.23. The number of carbonyl (C=O) groups is 2. The largest absolute Gasteiger partial charge is 0.488 e. The van der Waals surface area contributed by atoms with Gasteiger partial charge in [-0.1, -0.05) is 30.3 Å². The molecule has 0 spiro atoms. The third-order valence-electron chi connectivity index (χ3n) is 5.55. The second-order valence-corrected chi connectivity index (χ2v) is 7.75. The molecule has 2 aromatic rings. The molecule has 0 aromatic heterocycles. The van der Waals surface area contributed by atoms with Gasteiger partial charge in [-0.15, -0.1) is 0 Å². The molecule has 1 unspecified atom stereocenters. The van der Waals surface area contributed by atoms with E-state index in [0.29, 0.717) is 12.2 Å². The molecule has 2 saturated heterocycles. The average Bonchev–Trinajstić information content (AvgIpc) is 3.43. The molecule has 1 N–H and O–H groups in total. The molecular weight excluding hydrogens is 419 g/mol. The van der Waals surface area contributed by atoms with E-state index in [4.69, 9.17) is 19.3 Å². The highest BCUT2D eigenvalue weighted by Gasteiger charge is 2.33. The van der Waals surface area contributed by atoms with E-state index in [1.807, 2.05) is 30.3 Å². The van der Waals surface area contributed by atoms with Gasteiger partial charge in [0.1, 0.15) is 19.3 Å². The third kappa shape index (κ3) is 4.94. The first-order chi connectivity index (χ1) is 15.5. The van der Waals surface area contributed by atoms with Crippen LogP contribution in [0.3, 0.4) is 0 Å². The standard InChI is InChI=1S/C23H25FN2O6/c24-20-11-17(26-12-19(13-27)32-23(26)29)8-9-21(20)30-15-18-7-4-10-25(18)22(28)31-14-16-5-2-1-3-6-16/h1-3,5-6,8-9,11,18-19,27H,4,7,10,12-15H2/t18?,19-/m1/s1. The molecule has 8 nitrogen and oxygen atoms in total. The summed E-state index contributed by atoms with van der Waals surface area (Å²) >= 11 is 0. The number of likely N-dealkylation sites (tertiary alicyclic amines) is 1. The quantitative estimate of drug-likeness (QED) is 0.705. The predicted octanol–water partition coefficient (Wildman–Crippen LogP) is 3.32. The van der Waals surface area contributed by atoms with E-state index in [1.165, 1.54) is 17.0 Å². The van der Waals surface area contributed by atoms with Gasteiger partial charge < -0.3 is 24.2 Å². The minimum absolute atomic E-state index is 0.0320. The number of hydrogen-bond acceptors (Lipinski definition) is 6. The van der Waals surface area contributed by atoms with Crippen LogP contribution in [0.5, 0.6) is 5.75 Å². The van der Waals surface area contributed by atoms with Gasteiger partial charge in [0.2, 0.25) is 0 Å². The lowest BCUT2D eigenvalue weighted by Gasteiger charge is -2.24. The maximum atomic E-state index is 14.6. The van der Waals surface area contributed by atoms with Gasteiger partial charge in [0.15, 0.2) is 11.6 Å². The summed E-state index contributed by atoms with van der Waals surface area (Å²) in [4.78, 5) is 27.2. The van der Waals surface area contributed by atoms with E-state index < -0.39 is 24.1 Å². The minimum atomic E-state index is -0.632. The van der Waals surface area contributed by atoms with Gasteiger partial charge in [0.05, 0.1) is 24.9 Å². The molecule has 9 heteroatoms. The van der Waals surface area contributed by atoms with Crippen LogP contribution in [0.25, 0.3) is 0 Å². The van der Waals surface area contributed by atoms with Gasteiger partial charge >= 0.3 is 12.2 Å². The van der Waals surface area contributed by atoms with E-state index >= 15 is 0 Å². The highest BCUT2D eigenvalue weighted by atomic mass is 19.1. The maximum absolute atomic E-state index is 14.6. The highest BCUT2D eigenvalue weighted by molar-refractivity contribution is 5.89. The number of nitrogens with zero attached hydrogens (tertiary/aromatic N) is 2. The second-order valence-electron chi connectivity index (χ2n) is 7.75. The molecule has 4 rings (SSSR count). The molecule has 0 aliphatic carbocycles. The van der Waals surface area contributed by atoms with Gasteiger partial charge in [-0.3, -0.25) is 4.90 Å². The van der Waals surface area contributed by atoms with Crippen molar-refractivity contribution in [2.24, 2.45) is 0 Å². The monoisotopic (exact) mass is 444 g/mol. The Kier molecular flexibility index (Phi) is 6.75. The SMILES string of the molecule is O=C1O[C@@H](CO)CN1c1ccc(OCC2CCCN2C(=O)OCc2ccccc2)c(F)c1. The van der Waals surface area contributed by atoms with Crippen LogP contribution in [0.2, 0.25) is 0 Å². The van der Waals surface area contributed by atoms with Crippen LogP contribution in [0.15, 0.2) is 48.5 Å². The molecule has 2 amide bonds. The van der Waals surface area contributed by atoms with Crippen molar-refractivity contribution in [1.82, 2.24) is 4.90 Å². The summed E-state index contributed by atoms with van der Waals surface area (Å²) in [6.45, 7) is 0.742. The molecule has 2 aliphatic heterocycles. The first-order valence-electron chi connectivity index (χ1n) is 10.5. The van der Waals surface area contributed by atoms with Crippen molar-refractivity contribution in [3.8, 4) is 5.75 Å². The van der Waals surface area contributed by atoms with Crippen LogP contribution >= 0.6 is 0 Å². The Morgan fingerprint density at radius 1 is 1.22 bits per heavy atom. The zero-order valence-corrected chi connectivity index (χ0v) is 17.5. The summed E-state index contributed by atoms with van der Waals surface area (Å²) in [6, 6.07) is 13.4. The van der Waals surface area contributed by atoms with Crippen LogP contribution < -0.4 is 9.64 Å². The molecular formula is C23H25FN2O6. The molecule has 0 bridgehead atoms. The number of ether oxygens (including phenoxy) is 3. The number of benzene rings is 2. The van der Waals surface area contributed by atoms with E-state index in [1.54, 1.807) is 11.0 Å². The Bertz CT molecular complexity index is 957. The lowest BCUT2D eigenvalue weighted by Crippen LogP contribution is -2.39. The van der Waals surface area contributed by atoms with Gasteiger partial charge in [-0.25, -0.2) is 14.0 Å². The van der Waals surface area contributed by atoms with E-state index in [-0.39, 0.29) is 38.2 Å². The van der Waals surface area contributed by atoms with Crippen molar-refractivity contribution in [2.75, 3.05) is 31.2 Å². The molecule has 170 valence electrons. The summed E-state index contributed by atoms with van der Waals surface area (Å²) in [7, 11) is 0. The zero-order chi connectivity index (χ0) is 22.5. The van der Waals surface area contributed by atoms with Crippen molar-refractivity contribution in [3.05, 3.63) is 59.9 Å². The topological polar surface area (TPSA) is 88.5 Å². The Labute approximate surface area is 185 Å². The molecule has 2 aliphatic rings. The van der Waals surface area contributed by atoms with E-state index in [2.05, 4.69) is 0 Å². The van der Waals surface area contributed by atoms with Crippen molar-refractivity contribution in [1.29, 1.82) is 0 Å². The maximum Gasteiger partial charge on any atom is 0.414 e. The fourth-order valence-corrected chi connectivity index (χ4v) is 3.84. The van der Waals surface area contributed by atoms with E-state index in [0.717, 1.165) is 18.4 Å². The first-order valence-corrected chi connectivity index (χ1v) is 10.5. The molecule has 2 heterocycles. The van der Waals surface area contributed by atoms with Crippen LogP contribution in [-0.4, -0.2) is 60.6 Å². The minimum Gasteiger partial charge on any atom is -0.488 e. The van der Waals surface area contributed by atoms with Crippen LogP contribution in [-0.2, 0) is 16.1 Å². The summed E-state index contributed by atoms with van der Waals surface area (Å²) in [6.07, 6.45) is -0.118. The first kappa shape index (κ1) is 21.9. The lowest BCUT2D eigenvalue weighted by atomic mass is 10.2. The molecule has 2 atom stereocenters. The Balaban J connectivity index is 1.32. The van der Waals surface area contributed by atoms with E-state index in [9.17, 15) is 14.0 Å². The average molecular weight is 444 g/mol. The van der Waals surface area contributed by atoms with Gasteiger partial charge in [-0.05, 0) is 30.5 Å². The number of cyclic esters (lactones) is 1. The molecule has 0 radical (unpaired) electrons. The Morgan fingerprint density at radius 3 is 2.75 bits per heavy atom.